The summed E-state index contributed by atoms with van der Waals surface area (Å²) in [5.41, 5.74) is 4.35. The zero-order chi connectivity index (χ0) is 24.0. The molecule has 1 unspecified atom stereocenters. The van der Waals surface area contributed by atoms with Crippen molar-refractivity contribution in [1.29, 1.82) is 0 Å². The topological polar surface area (TPSA) is 66.5 Å². The summed E-state index contributed by atoms with van der Waals surface area (Å²) in [5.74, 6) is 0.223. The highest BCUT2D eigenvalue weighted by molar-refractivity contribution is 7.89. The molecule has 33 heavy (non-hydrogen) atoms. The third kappa shape index (κ3) is 6.53. The molecular formula is C27H32N2O3S. The Morgan fingerprint density at radius 1 is 0.848 bits per heavy atom. The van der Waals surface area contributed by atoms with Crippen LogP contribution in [-0.2, 0) is 16.6 Å². The van der Waals surface area contributed by atoms with E-state index in [0.717, 1.165) is 22.3 Å². The third-order valence-electron chi connectivity index (χ3n) is 5.53. The number of benzene rings is 3. The van der Waals surface area contributed by atoms with Crippen molar-refractivity contribution in [3.63, 3.8) is 0 Å². The normalized spacial score (nSPS) is 12.5. The first-order chi connectivity index (χ1) is 15.7. The van der Waals surface area contributed by atoms with E-state index in [1.54, 1.807) is 19.0 Å². The molecule has 0 spiro atoms. The molecule has 1 amide bonds. The van der Waals surface area contributed by atoms with Crippen LogP contribution in [0.25, 0.3) is 11.1 Å². The first-order valence-electron chi connectivity index (χ1n) is 11.1. The van der Waals surface area contributed by atoms with Crippen molar-refractivity contribution < 1.29 is 13.2 Å². The lowest BCUT2D eigenvalue weighted by molar-refractivity contribution is 0.0827. The van der Waals surface area contributed by atoms with Crippen LogP contribution in [-0.4, -0.2) is 33.3 Å². The molecule has 0 radical (unpaired) electrons. The van der Waals surface area contributed by atoms with Gasteiger partial charge in [-0.05, 0) is 46.7 Å². The quantitative estimate of drug-likeness (QED) is 0.470. The summed E-state index contributed by atoms with van der Waals surface area (Å²) >= 11 is 0. The minimum Gasteiger partial charge on any atom is -0.345 e. The average molecular weight is 465 g/mol. The largest absolute Gasteiger partial charge is 0.345 e. The molecule has 0 aliphatic rings. The molecule has 1 N–H and O–H groups in total. The molecule has 5 nitrogen and oxygen atoms in total. The van der Waals surface area contributed by atoms with Crippen molar-refractivity contribution in [3.05, 3.63) is 95.6 Å². The van der Waals surface area contributed by atoms with Crippen molar-refractivity contribution in [3.8, 4) is 11.1 Å². The Labute approximate surface area is 197 Å². The Morgan fingerprint density at radius 2 is 1.39 bits per heavy atom. The highest BCUT2D eigenvalue weighted by atomic mass is 32.2. The van der Waals surface area contributed by atoms with Crippen LogP contribution in [0.2, 0.25) is 0 Å². The molecule has 3 aromatic carbocycles. The van der Waals surface area contributed by atoms with Crippen LogP contribution >= 0.6 is 0 Å². The van der Waals surface area contributed by atoms with Crippen LogP contribution in [0.5, 0.6) is 0 Å². The number of nitrogens with one attached hydrogen (secondary N) is 1. The van der Waals surface area contributed by atoms with Gasteiger partial charge in [0.1, 0.15) is 5.25 Å². The Balaban J connectivity index is 1.70. The maximum Gasteiger partial charge on any atom is 0.253 e. The molecule has 0 aromatic heterocycles. The molecule has 0 saturated carbocycles. The Kier molecular flexibility index (Phi) is 8.06. The van der Waals surface area contributed by atoms with Crippen LogP contribution in [0.4, 0.5) is 0 Å². The van der Waals surface area contributed by atoms with Gasteiger partial charge in [0, 0.05) is 26.2 Å². The molecule has 0 fully saturated rings. The number of amides is 1. The van der Waals surface area contributed by atoms with Gasteiger partial charge in [0.15, 0.2) is 0 Å². The molecule has 0 saturated heterocycles. The Morgan fingerprint density at radius 3 is 1.91 bits per heavy atom. The first-order valence-corrected chi connectivity index (χ1v) is 12.7. The summed E-state index contributed by atoms with van der Waals surface area (Å²) in [6.45, 7) is 4.31. The molecule has 0 heterocycles. The minimum atomic E-state index is -3.54. The fraction of sp³-hybridized carbons (Fsp3) is 0.296. The maximum absolute atomic E-state index is 13.1. The van der Waals surface area contributed by atoms with Crippen LogP contribution < -0.4 is 4.72 Å². The number of rotatable bonds is 9. The van der Waals surface area contributed by atoms with E-state index in [2.05, 4.69) is 4.72 Å². The predicted molar refractivity (Wildman–Crippen MR) is 134 cm³/mol. The smallest absolute Gasteiger partial charge is 0.253 e. The van der Waals surface area contributed by atoms with E-state index in [1.165, 1.54) is 0 Å². The van der Waals surface area contributed by atoms with Crippen molar-refractivity contribution >= 4 is 15.9 Å². The summed E-state index contributed by atoms with van der Waals surface area (Å²) in [4.78, 5) is 13.6. The average Bonchev–Trinajstić information content (AvgIpc) is 2.81. The van der Waals surface area contributed by atoms with Gasteiger partial charge < -0.3 is 4.90 Å². The van der Waals surface area contributed by atoms with Crippen LogP contribution in [0.15, 0.2) is 78.9 Å². The van der Waals surface area contributed by atoms with E-state index in [-0.39, 0.29) is 18.4 Å². The lowest BCUT2D eigenvalue weighted by atomic mass is 10.0. The van der Waals surface area contributed by atoms with Gasteiger partial charge in [-0.3, -0.25) is 4.79 Å². The van der Waals surface area contributed by atoms with Gasteiger partial charge in [-0.25, -0.2) is 13.1 Å². The van der Waals surface area contributed by atoms with Crippen LogP contribution in [0.3, 0.4) is 0 Å². The van der Waals surface area contributed by atoms with Crippen LogP contribution in [0, 0.1) is 5.92 Å². The number of nitrogens with zero attached hydrogens (tertiary/aromatic N) is 1. The van der Waals surface area contributed by atoms with Gasteiger partial charge in [-0.15, -0.1) is 0 Å². The number of carbonyl (C=O) groups excluding carboxylic acids is 1. The standard InChI is InChI=1S/C27H32N2O3S/c1-20(2)18-26(24-8-6-5-7-9-24)33(31,32)28-19-21-10-12-22(13-11-21)23-14-16-25(17-15-23)27(30)29(3)4/h5-17,20,26,28H,18-19H2,1-4H3. The summed E-state index contributed by atoms with van der Waals surface area (Å²) in [7, 11) is -0.0764. The third-order valence-corrected chi connectivity index (χ3v) is 7.29. The van der Waals surface area contributed by atoms with Gasteiger partial charge >= 0.3 is 0 Å². The fourth-order valence-electron chi connectivity index (χ4n) is 3.70. The minimum absolute atomic E-state index is 0.0320. The van der Waals surface area contributed by atoms with E-state index in [9.17, 15) is 13.2 Å². The van der Waals surface area contributed by atoms with Crippen molar-refractivity contribution in [1.82, 2.24) is 9.62 Å². The van der Waals surface area contributed by atoms with E-state index < -0.39 is 15.3 Å². The molecule has 1 atom stereocenters. The molecule has 174 valence electrons. The lowest BCUT2D eigenvalue weighted by Gasteiger charge is -2.20. The number of hydrogen-bond acceptors (Lipinski definition) is 3. The van der Waals surface area contributed by atoms with Gasteiger partial charge in [-0.2, -0.15) is 0 Å². The fourth-order valence-corrected chi connectivity index (χ4v) is 5.42. The zero-order valence-corrected chi connectivity index (χ0v) is 20.5. The maximum atomic E-state index is 13.1. The molecule has 0 bridgehead atoms. The number of sulfonamides is 1. The second kappa shape index (κ2) is 10.8. The Bertz CT molecular complexity index is 1150. The van der Waals surface area contributed by atoms with Crippen molar-refractivity contribution in [2.75, 3.05) is 14.1 Å². The van der Waals surface area contributed by atoms with E-state index >= 15 is 0 Å². The van der Waals surface area contributed by atoms with Gasteiger partial charge in [0.05, 0.1) is 0 Å². The molecule has 0 aliphatic heterocycles. The summed E-state index contributed by atoms with van der Waals surface area (Å²) in [6.07, 6.45) is 0.560. The van der Waals surface area contributed by atoms with E-state index in [4.69, 9.17) is 0 Å². The summed E-state index contributed by atoms with van der Waals surface area (Å²) < 4.78 is 29.0. The molecular weight excluding hydrogens is 432 g/mol. The SMILES string of the molecule is CC(C)CC(c1ccccc1)S(=O)(=O)NCc1ccc(-c2ccc(C(=O)N(C)C)cc2)cc1. The van der Waals surface area contributed by atoms with Gasteiger partial charge in [0.2, 0.25) is 10.0 Å². The molecule has 3 rings (SSSR count). The predicted octanol–water partition coefficient (Wildman–Crippen LogP) is 5.26. The van der Waals surface area contributed by atoms with E-state index in [0.29, 0.717) is 12.0 Å². The number of hydrogen-bond donors (Lipinski definition) is 1. The molecule has 3 aromatic rings. The lowest BCUT2D eigenvalue weighted by Crippen LogP contribution is -2.29. The van der Waals surface area contributed by atoms with Gasteiger partial charge in [0.25, 0.3) is 5.91 Å². The van der Waals surface area contributed by atoms with Crippen molar-refractivity contribution in [2.24, 2.45) is 5.92 Å². The molecule has 6 heteroatoms. The number of carbonyl (C=O) groups is 1. The zero-order valence-electron chi connectivity index (χ0n) is 19.7. The molecule has 0 aliphatic carbocycles. The monoisotopic (exact) mass is 464 g/mol. The van der Waals surface area contributed by atoms with Crippen molar-refractivity contribution in [2.45, 2.75) is 32.1 Å². The van der Waals surface area contributed by atoms with E-state index in [1.807, 2.05) is 92.7 Å². The second-order valence-electron chi connectivity index (χ2n) is 8.87. The summed E-state index contributed by atoms with van der Waals surface area (Å²) in [5, 5.41) is -0.582. The van der Waals surface area contributed by atoms with Gasteiger partial charge in [-0.1, -0.05) is 80.6 Å². The highest BCUT2D eigenvalue weighted by Crippen LogP contribution is 2.29. The van der Waals surface area contributed by atoms with Crippen LogP contribution in [0.1, 0.15) is 47.0 Å². The first kappa shape index (κ1) is 24.7. The summed E-state index contributed by atoms with van der Waals surface area (Å²) in [6, 6.07) is 24.7. The highest BCUT2D eigenvalue weighted by Gasteiger charge is 2.27. The second-order valence-corrected chi connectivity index (χ2v) is 10.8. The Hall–Kier alpha value is -2.96.